The average Bonchev–Trinajstić information content (AvgIpc) is 2.41. The number of ether oxygens (including phenoxy) is 1. The van der Waals surface area contributed by atoms with Gasteiger partial charge in [-0.3, -0.25) is 14.9 Å². The van der Waals surface area contributed by atoms with Crippen molar-refractivity contribution in [1.29, 1.82) is 0 Å². The highest BCUT2D eigenvalue weighted by Crippen LogP contribution is 2.39. The van der Waals surface area contributed by atoms with Gasteiger partial charge >= 0.3 is 0 Å². The molecule has 1 aromatic rings. The van der Waals surface area contributed by atoms with E-state index in [-0.39, 0.29) is 11.3 Å². The van der Waals surface area contributed by atoms with E-state index in [2.05, 4.69) is 33.9 Å². The summed E-state index contributed by atoms with van der Waals surface area (Å²) in [5, 5.41) is 11.1. The van der Waals surface area contributed by atoms with Gasteiger partial charge in [-0.25, -0.2) is 0 Å². The quantitative estimate of drug-likeness (QED) is 0.240. The van der Waals surface area contributed by atoms with E-state index >= 15 is 0 Å². The molecule has 0 amide bonds. The molecule has 0 atom stereocenters. The molecule has 0 fully saturated rings. The summed E-state index contributed by atoms with van der Waals surface area (Å²) >= 11 is 0. The number of hydrogen-bond donors (Lipinski definition) is 0. The Balaban J connectivity index is 2.60. The molecule has 0 N–H and O–H groups in total. The minimum atomic E-state index is -1.31. The van der Waals surface area contributed by atoms with Crippen molar-refractivity contribution in [1.82, 2.24) is 0 Å². The van der Waals surface area contributed by atoms with Crippen molar-refractivity contribution in [3.8, 4) is 5.75 Å². The van der Waals surface area contributed by atoms with Crippen molar-refractivity contribution in [2.45, 2.75) is 51.4 Å². The van der Waals surface area contributed by atoms with Crippen LogP contribution in [0.2, 0.25) is 24.2 Å². The van der Waals surface area contributed by atoms with E-state index in [0.717, 1.165) is 12.5 Å². The fraction of sp³-hybridized carbons (Fsp3) is 0.562. The lowest BCUT2D eigenvalue weighted by Gasteiger charge is -2.37. The van der Waals surface area contributed by atoms with Crippen molar-refractivity contribution in [2.75, 3.05) is 6.61 Å². The second kappa shape index (κ2) is 7.04. The molecule has 0 aliphatic heterocycles. The van der Waals surface area contributed by atoms with Crippen LogP contribution in [0.5, 0.6) is 5.75 Å². The molecule has 1 aromatic carbocycles. The van der Waals surface area contributed by atoms with Gasteiger partial charge in [0.15, 0.2) is 6.29 Å². The Morgan fingerprint density at radius 1 is 1.32 bits per heavy atom. The van der Waals surface area contributed by atoms with Gasteiger partial charge < -0.3 is 4.74 Å². The van der Waals surface area contributed by atoms with Crippen LogP contribution in [0.4, 0.5) is 5.69 Å². The Hall–Kier alpha value is -1.69. The summed E-state index contributed by atoms with van der Waals surface area (Å²) in [7, 11) is -1.31. The van der Waals surface area contributed by atoms with Gasteiger partial charge in [0.1, 0.15) is 5.75 Å². The first-order valence-corrected chi connectivity index (χ1v) is 10.7. The van der Waals surface area contributed by atoms with Gasteiger partial charge in [0, 0.05) is 6.07 Å². The maximum Gasteiger partial charge on any atom is 0.280 e. The number of hydrogen-bond acceptors (Lipinski definition) is 4. The number of carbonyl (C=O) groups is 1. The van der Waals surface area contributed by atoms with E-state index in [1.807, 2.05) is 0 Å². The molecule has 0 aromatic heterocycles. The van der Waals surface area contributed by atoms with E-state index in [0.29, 0.717) is 23.7 Å². The van der Waals surface area contributed by atoms with Gasteiger partial charge in [-0.15, -0.1) is 0 Å². The van der Waals surface area contributed by atoms with Crippen molar-refractivity contribution >= 4 is 20.0 Å². The van der Waals surface area contributed by atoms with E-state index < -0.39 is 13.0 Å². The molecule has 0 heterocycles. The molecule has 0 bridgehead atoms. The minimum absolute atomic E-state index is 0.0481. The second-order valence-electron chi connectivity index (χ2n) is 7.18. The maximum absolute atomic E-state index is 10.9. The second-order valence-corrected chi connectivity index (χ2v) is 12.9. The van der Waals surface area contributed by atoms with Crippen LogP contribution >= 0.6 is 0 Å². The number of nitrogens with zero attached hydrogens (tertiary/aromatic N) is 1. The first-order chi connectivity index (χ1) is 10.1. The third-order valence-electron chi connectivity index (χ3n) is 4.57. The van der Waals surface area contributed by atoms with Gasteiger partial charge in [0.2, 0.25) is 0 Å². The molecular weight excluding hydrogens is 298 g/mol. The van der Waals surface area contributed by atoms with Crippen LogP contribution in [-0.4, -0.2) is 25.9 Å². The van der Waals surface area contributed by atoms with Crippen LogP contribution in [-0.2, 0) is 0 Å². The Morgan fingerprint density at radius 3 is 2.45 bits per heavy atom. The number of nitro groups is 1. The van der Waals surface area contributed by atoms with Gasteiger partial charge in [-0.05, 0) is 23.6 Å². The lowest BCUT2D eigenvalue weighted by molar-refractivity contribution is -0.385. The largest absolute Gasteiger partial charge is 0.494 e. The lowest BCUT2D eigenvalue weighted by Crippen LogP contribution is -2.37. The van der Waals surface area contributed by atoms with Crippen LogP contribution in [0.15, 0.2) is 18.2 Å². The molecule has 0 aliphatic carbocycles. The molecule has 0 saturated carbocycles. The van der Waals surface area contributed by atoms with E-state index in [9.17, 15) is 14.9 Å². The highest BCUT2D eigenvalue weighted by molar-refractivity contribution is 6.80. The lowest BCUT2D eigenvalue weighted by atomic mass is 10.2. The molecule has 22 heavy (non-hydrogen) atoms. The van der Waals surface area contributed by atoms with Gasteiger partial charge in [0.05, 0.1) is 25.2 Å². The summed E-state index contributed by atoms with van der Waals surface area (Å²) in [6.45, 7) is 12.2. The van der Waals surface area contributed by atoms with Crippen molar-refractivity contribution in [2.24, 2.45) is 0 Å². The molecule has 0 unspecified atom stereocenters. The average molecular weight is 323 g/mol. The highest BCUT2D eigenvalue weighted by atomic mass is 28.3. The number of benzene rings is 1. The van der Waals surface area contributed by atoms with Crippen LogP contribution in [0.25, 0.3) is 0 Å². The molecule has 0 saturated heterocycles. The predicted molar refractivity (Wildman–Crippen MR) is 90.6 cm³/mol. The zero-order valence-electron chi connectivity index (χ0n) is 14.0. The summed E-state index contributed by atoms with van der Waals surface area (Å²) in [4.78, 5) is 21.1. The monoisotopic (exact) mass is 323 g/mol. The first kappa shape index (κ1) is 18.4. The van der Waals surface area contributed by atoms with E-state index in [1.54, 1.807) is 0 Å². The van der Waals surface area contributed by atoms with Crippen molar-refractivity contribution in [3.05, 3.63) is 33.9 Å². The molecule has 6 heteroatoms. The van der Waals surface area contributed by atoms with E-state index in [4.69, 9.17) is 4.74 Å². The molecule has 5 nitrogen and oxygen atoms in total. The van der Waals surface area contributed by atoms with Crippen LogP contribution < -0.4 is 4.74 Å². The zero-order valence-corrected chi connectivity index (χ0v) is 15.0. The Bertz CT molecular complexity index is 550. The fourth-order valence-corrected chi connectivity index (χ4v) is 3.74. The molecule has 0 aliphatic rings. The zero-order chi connectivity index (χ0) is 17.0. The summed E-state index contributed by atoms with van der Waals surface area (Å²) < 4.78 is 5.63. The first-order valence-electron chi connectivity index (χ1n) is 7.45. The molecule has 0 spiro atoms. The molecule has 122 valence electrons. The van der Waals surface area contributed by atoms with Crippen molar-refractivity contribution in [3.63, 3.8) is 0 Å². The van der Waals surface area contributed by atoms with Gasteiger partial charge in [-0.2, -0.15) is 0 Å². The fourth-order valence-electron chi connectivity index (χ4n) is 1.96. The van der Waals surface area contributed by atoms with Crippen molar-refractivity contribution < 1.29 is 14.5 Å². The van der Waals surface area contributed by atoms with Crippen LogP contribution in [0, 0.1) is 10.1 Å². The third kappa shape index (κ3) is 4.66. The summed E-state index contributed by atoms with van der Waals surface area (Å²) in [6.07, 6.45) is 1.44. The molecular formula is C16H25NO4Si. The SMILES string of the molecule is CC(C)(C)[Si](C)(C)CCCOc1ccc([N+](=O)[O-])c(C=O)c1. The normalized spacial score (nSPS) is 12.0. The highest BCUT2D eigenvalue weighted by Gasteiger charge is 2.34. The Kier molecular flexibility index (Phi) is 5.88. The summed E-state index contributed by atoms with van der Waals surface area (Å²) in [5.41, 5.74) is -0.143. The number of carbonyl (C=O) groups excluding carboxylic acids is 1. The standard InChI is InChI=1S/C16H25NO4Si/c1-16(2,3)22(4,5)10-6-9-21-14-7-8-15(17(19)20)13(11-14)12-18/h7-8,11-12H,6,9-10H2,1-5H3. The molecule has 1 rings (SSSR count). The topological polar surface area (TPSA) is 69.4 Å². The number of nitro benzene ring substituents is 1. The van der Waals surface area contributed by atoms with Gasteiger partial charge in [0.25, 0.3) is 5.69 Å². The number of aldehydes is 1. The third-order valence-corrected chi connectivity index (χ3v) is 10.2. The minimum Gasteiger partial charge on any atom is -0.494 e. The van der Waals surface area contributed by atoms with E-state index in [1.165, 1.54) is 18.2 Å². The predicted octanol–water partition coefficient (Wildman–Crippen LogP) is 4.68. The Labute approximate surface area is 132 Å². The smallest absolute Gasteiger partial charge is 0.280 e. The van der Waals surface area contributed by atoms with Crippen LogP contribution in [0.3, 0.4) is 0 Å². The summed E-state index contributed by atoms with van der Waals surface area (Å²) in [5.74, 6) is 0.503. The molecule has 0 radical (unpaired) electrons. The van der Waals surface area contributed by atoms with Crippen LogP contribution in [0.1, 0.15) is 37.6 Å². The maximum atomic E-state index is 10.9. The van der Waals surface area contributed by atoms with Gasteiger partial charge in [-0.1, -0.05) is 39.9 Å². The Morgan fingerprint density at radius 2 is 1.95 bits per heavy atom. The number of rotatable bonds is 7. The summed E-state index contributed by atoms with van der Waals surface area (Å²) in [6, 6.07) is 5.44.